The molecular formula is C21H13Cl2N3O4. The molecule has 2 aromatic carbocycles. The fourth-order valence-electron chi connectivity index (χ4n) is 2.70. The van der Waals surface area contributed by atoms with Crippen molar-refractivity contribution in [2.75, 3.05) is 5.32 Å². The summed E-state index contributed by atoms with van der Waals surface area (Å²) in [6.45, 7) is 1.72. The quantitative estimate of drug-likeness (QED) is 0.225. The molecule has 0 bridgehead atoms. The standard InChI is InChI=1S/C21H13Cl2N3O4/c1-12-9-14(26(28)29)5-7-16(12)19-8-6-15(30-19)10-13(11-24)21(27)25-20-17(22)3-2-4-18(20)23/h2-10H,1H3,(H,25,27)/b13-10+. The summed E-state index contributed by atoms with van der Waals surface area (Å²) in [6, 6.07) is 14.2. The lowest BCUT2D eigenvalue weighted by Gasteiger charge is -2.08. The number of non-ortho nitro benzene ring substituents is 1. The number of para-hydroxylation sites is 1. The van der Waals surface area contributed by atoms with E-state index >= 15 is 0 Å². The number of nitro benzene ring substituents is 1. The third-order valence-corrected chi connectivity index (χ3v) is 4.80. The van der Waals surface area contributed by atoms with Crippen LogP contribution in [0.2, 0.25) is 10.0 Å². The summed E-state index contributed by atoms with van der Waals surface area (Å²) in [5, 5.41) is 23.3. The second-order valence-electron chi connectivity index (χ2n) is 6.18. The summed E-state index contributed by atoms with van der Waals surface area (Å²) < 4.78 is 5.70. The maximum absolute atomic E-state index is 12.5. The zero-order valence-corrected chi connectivity index (χ0v) is 17.0. The third-order valence-electron chi connectivity index (χ3n) is 4.17. The van der Waals surface area contributed by atoms with Crippen molar-refractivity contribution in [3.05, 3.63) is 85.6 Å². The Bertz CT molecular complexity index is 1200. The van der Waals surface area contributed by atoms with E-state index in [2.05, 4.69) is 5.32 Å². The Morgan fingerprint density at radius 3 is 2.50 bits per heavy atom. The molecule has 0 atom stereocenters. The average Bonchev–Trinajstić information content (AvgIpc) is 3.17. The lowest BCUT2D eigenvalue weighted by molar-refractivity contribution is -0.384. The van der Waals surface area contributed by atoms with Crippen LogP contribution in [0.5, 0.6) is 0 Å². The number of hydrogen-bond acceptors (Lipinski definition) is 5. The average molecular weight is 442 g/mol. The first kappa shape index (κ1) is 21.1. The predicted molar refractivity (Wildman–Crippen MR) is 114 cm³/mol. The molecule has 9 heteroatoms. The summed E-state index contributed by atoms with van der Waals surface area (Å²) in [7, 11) is 0. The lowest BCUT2D eigenvalue weighted by Crippen LogP contribution is -2.14. The first-order valence-corrected chi connectivity index (χ1v) is 9.28. The fraction of sp³-hybridized carbons (Fsp3) is 0.0476. The highest BCUT2D eigenvalue weighted by atomic mass is 35.5. The molecule has 0 saturated heterocycles. The van der Waals surface area contributed by atoms with Gasteiger partial charge in [0.1, 0.15) is 23.2 Å². The molecule has 0 aliphatic carbocycles. The Morgan fingerprint density at radius 2 is 1.90 bits per heavy atom. The van der Waals surface area contributed by atoms with E-state index in [1.807, 2.05) is 6.07 Å². The van der Waals surface area contributed by atoms with E-state index in [1.165, 1.54) is 18.2 Å². The molecule has 0 aliphatic rings. The van der Waals surface area contributed by atoms with Crippen molar-refractivity contribution in [3.8, 4) is 17.4 Å². The highest BCUT2D eigenvalue weighted by molar-refractivity contribution is 6.40. The zero-order valence-electron chi connectivity index (χ0n) is 15.5. The number of nitro groups is 1. The van der Waals surface area contributed by atoms with Gasteiger partial charge in [-0.05, 0) is 42.8 Å². The summed E-state index contributed by atoms with van der Waals surface area (Å²) >= 11 is 12.1. The van der Waals surface area contributed by atoms with Crippen LogP contribution in [0.1, 0.15) is 11.3 Å². The SMILES string of the molecule is Cc1cc([N+](=O)[O-])ccc1-c1ccc(/C=C(\C#N)C(=O)Nc2c(Cl)cccc2Cl)o1. The smallest absolute Gasteiger partial charge is 0.269 e. The van der Waals surface area contributed by atoms with Crippen LogP contribution in [0.25, 0.3) is 17.4 Å². The number of anilines is 1. The van der Waals surface area contributed by atoms with E-state index in [0.29, 0.717) is 16.9 Å². The molecule has 1 amide bonds. The molecule has 0 aliphatic heterocycles. The molecule has 1 heterocycles. The van der Waals surface area contributed by atoms with E-state index in [9.17, 15) is 20.2 Å². The molecule has 3 aromatic rings. The maximum Gasteiger partial charge on any atom is 0.269 e. The van der Waals surface area contributed by atoms with Crippen LogP contribution in [-0.4, -0.2) is 10.8 Å². The second kappa shape index (κ2) is 8.82. The van der Waals surface area contributed by atoms with Gasteiger partial charge in [0.05, 0.1) is 20.7 Å². The molecule has 7 nitrogen and oxygen atoms in total. The maximum atomic E-state index is 12.5. The Balaban J connectivity index is 1.86. The molecule has 0 radical (unpaired) electrons. The van der Waals surface area contributed by atoms with Crippen molar-refractivity contribution in [3.63, 3.8) is 0 Å². The molecule has 30 heavy (non-hydrogen) atoms. The van der Waals surface area contributed by atoms with E-state index in [4.69, 9.17) is 27.6 Å². The normalized spacial score (nSPS) is 11.1. The molecule has 1 aromatic heterocycles. The van der Waals surface area contributed by atoms with Gasteiger partial charge in [0, 0.05) is 23.8 Å². The molecule has 0 fully saturated rings. The first-order chi connectivity index (χ1) is 14.3. The Morgan fingerprint density at radius 1 is 1.20 bits per heavy atom. The number of benzene rings is 2. The second-order valence-corrected chi connectivity index (χ2v) is 6.99. The minimum absolute atomic E-state index is 0.0235. The molecule has 150 valence electrons. The van der Waals surface area contributed by atoms with Crippen LogP contribution in [-0.2, 0) is 4.79 Å². The summed E-state index contributed by atoms with van der Waals surface area (Å²) in [4.78, 5) is 22.9. The van der Waals surface area contributed by atoms with Crippen LogP contribution in [0.3, 0.4) is 0 Å². The minimum Gasteiger partial charge on any atom is -0.457 e. The highest BCUT2D eigenvalue weighted by Gasteiger charge is 2.16. The van der Waals surface area contributed by atoms with Crippen molar-refractivity contribution in [2.24, 2.45) is 0 Å². The summed E-state index contributed by atoms with van der Waals surface area (Å²) in [5.41, 5.74) is 1.28. The van der Waals surface area contributed by atoms with Crippen molar-refractivity contribution in [2.45, 2.75) is 6.92 Å². The van der Waals surface area contributed by atoms with Crippen LogP contribution in [0, 0.1) is 28.4 Å². The number of amides is 1. The Hall–Kier alpha value is -3.60. The molecule has 0 unspecified atom stereocenters. The molecule has 0 saturated carbocycles. The van der Waals surface area contributed by atoms with Crippen molar-refractivity contribution in [1.82, 2.24) is 0 Å². The van der Waals surface area contributed by atoms with E-state index in [-0.39, 0.29) is 32.8 Å². The number of hydrogen-bond donors (Lipinski definition) is 1. The predicted octanol–water partition coefficient (Wildman–Crippen LogP) is 6.02. The zero-order chi connectivity index (χ0) is 21.8. The largest absolute Gasteiger partial charge is 0.457 e. The van der Waals surface area contributed by atoms with Crippen molar-refractivity contribution >= 4 is 46.6 Å². The van der Waals surface area contributed by atoms with Gasteiger partial charge in [0.15, 0.2) is 0 Å². The first-order valence-electron chi connectivity index (χ1n) is 8.52. The number of nitrogens with zero attached hydrogens (tertiary/aromatic N) is 2. The van der Waals surface area contributed by atoms with Gasteiger partial charge < -0.3 is 9.73 Å². The number of carbonyl (C=O) groups excluding carboxylic acids is 1. The van der Waals surface area contributed by atoms with Gasteiger partial charge >= 0.3 is 0 Å². The topological polar surface area (TPSA) is 109 Å². The number of nitriles is 1. The van der Waals surface area contributed by atoms with Crippen molar-refractivity contribution < 1.29 is 14.1 Å². The van der Waals surface area contributed by atoms with Gasteiger partial charge in [-0.25, -0.2) is 0 Å². The van der Waals surface area contributed by atoms with Gasteiger partial charge in [-0.15, -0.1) is 0 Å². The van der Waals surface area contributed by atoms with E-state index in [0.717, 1.165) is 0 Å². The number of aryl methyl sites for hydroxylation is 1. The fourth-order valence-corrected chi connectivity index (χ4v) is 3.19. The lowest BCUT2D eigenvalue weighted by atomic mass is 10.1. The number of nitrogens with one attached hydrogen (secondary N) is 1. The number of carbonyl (C=O) groups is 1. The van der Waals surface area contributed by atoms with Crippen LogP contribution in [0.15, 0.2) is 58.5 Å². The summed E-state index contributed by atoms with van der Waals surface area (Å²) in [6.07, 6.45) is 1.28. The number of halogens is 2. The molecular weight excluding hydrogens is 429 g/mol. The van der Waals surface area contributed by atoms with Gasteiger partial charge in [-0.2, -0.15) is 5.26 Å². The van der Waals surface area contributed by atoms with Crippen LogP contribution >= 0.6 is 23.2 Å². The van der Waals surface area contributed by atoms with Crippen molar-refractivity contribution in [1.29, 1.82) is 5.26 Å². The van der Waals surface area contributed by atoms with Gasteiger partial charge in [0.25, 0.3) is 11.6 Å². The number of rotatable bonds is 5. The summed E-state index contributed by atoms with van der Waals surface area (Å²) in [5.74, 6) is 0.0113. The molecule has 1 N–H and O–H groups in total. The minimum atomic E-state index is -0.697. The van der Waals surface area contributed by atoms with E-state index in [1.54, 1.807) is 43.3 Å². The highest BCUT2D eigenvalue weighted by Crippen LogP contribution is 2.31. The molecule has 3 rings (SSSR count). The van der Waals surface area contributed by atoms with E-state index < -0.39 is 10.8 Å². The van der Waals surface area contributed by atoms with Gasteiger partial charge in [-0.3, -0.25) is 14.9 Å². The third kappa shape index (κ3) is 4.51. The number of furan rings is 1. The monoisotopic (exact) mass is 441 g/mol. The van der Waals surface area contributed by atoms with Gasteiger partial charge in [-0.1, -0.05) is 29.3 Å². The Kier molecular flexibility index (Phi) is 6.21. The van der Waals surface area contributed by atoms with Gasteiger partial charge in [0.2, 0.25) is 0 Å². The van der Waals surface area contributed by atoms with Crippen LogP contribution in [0.4, 0.5) is 11.4 Å². The van der Waals surface area contributed by atoms with Crippen LogP contribution < -0.4 is 5.32 Å². The molecule has 0 spiro atoms. The Labute approximate surface area is 181 Å².